The molecule has 4 nitrogen and oxygen atoms in total. The van der Waals surface area contributed by atoms with Gasteiger partial charge in [0.25, 0.3) is 0 Å². The largest absolute Gasteiger partial charge is 0.465 e. The van der Waals surface area contributed by atoms with Crippen molar-refractivity contribution in [1.29, 1.82) is 0 Å². The van der Waals surface area contributed by atoms with Crippen molar-refractivity contribution in [3.8, 4) is 0 Å². The number of carbonyl (C=O) groups is 2. The van der Waals surface area contributed by atoms with E-state index in [9.17, 15) is 9.59 Å². The Balaban J connectivity index is 3.92. The molecular formula is C17H32O4. The van der Waals surface area contributed by atoms with E-state index in [0.717, 1.165) is 12.8 Å². The van der Waals surface area contributed by atoms with Gasteiger partial charge in [-0.05, 0) is 24.7 Å². The first-order valence-electron chi connectivity index (χ1n) is 7.93. The van der Waals surface area contributed by atoms with E-state index in [4.69, 9.17) is 9.47 Å². The standard InChI is InChI=1S/C17H32O4/c1-13(2)7-9-15(18)20-11-17(5,6)12-21-16(19)10-8-14(3)4/h13-14H,7-12H2,1-6H3. The zero-order chi connectivity index (χ0) is 16.5. The molecule has 0 saturated heterocycles. The molecule has 0 radical (unpaired) electrons. The van der Waals surface area contributed by atoms with E-state index < -0.39 is 0 Å². The predicted octanol–water partition coefficient (Wildman–Crippen LogP) is 3.97. The van der Waals surface area contributed by atoms with Gasteiger partial charge in [0, 0.05) is 18.3 Å². The normalized spacial score (nSPS) is 11.8. The summed E-state index contributed by atoms with van der Waals surface area (Å²) in [6.07, 6.45) is 2.57. The second-order valence-corrected chi connectivity index (χ2v) is 7.35. The molecule has 0 aliphatic rings. The van der Waals surface area contributed by atoms with Crippen LogP contribution in [0.5, 0.6) is 0 Å². The monoisotopic (exact) mass is 300 g/mol. The summed E-state index contributed by atoms with van der Waals surface area (Å²) in [5.74, 6) is 0.630. The molecule has 0 fully saturated rings. The van der Waals surface area contributed by atoms with Gasteiger partial charge < -0.3 is 9.47 Å². The summed E-state index contributed by atoms with van der Waals surface area (Å²) in [4.78, 5) is 23.2. The van der Waals surface area contributed by atoms with Crippen molar-refractivity contribution in [2.75, 3.05) is 13.2 Å². The van der Waals surface area contributed by atoms with Gasteiger partial charge in [0.2, 0.25) is 0 Å². The Hall–Kier alpha value is -1.06. The Kier molecular flexibility index (Phi) is 9.31. The maximum atomic E-state index is 11.6. The van der Waals surface area contributed by atoms with E-state index in [1.165, 1.54) is 0 Å². The second kappa shape index (κ2) is 9.80. The quantitative estimate of drug-likeness (QED) is 0.573. The van der Waals surface area contributed by atoms with Gasteiger partial charge in [-0.3, -0.25) is 9.59 Å². The zero-order valence-electron chi connectivity index (χ0n) is 14.5. The lowest BCUT2D eigenvalue weighted by atomic mass is 9.96. The van der Waals surface area contributed by atoms with Gasteiger partial charge in [-0.1, -0.05) is 41.5 Å². The maximum absolute atomic E-state index is 11.6. The molecule has 0 aromatic rings. The molecule has 0 spiro atoms. The lowest BCUT2D eigenvalue weighted by molar-refractivity contribution is -0.152. The summed E-state index contributed by atoms with van der Waals surface area (Å²) in [7, 11) is 0. The molecule has 0 amide bonds. The summed E-state index contributed by atoms with van der Waals surface area (Å²) in [6.45, 7) is 12.7. The number of esters is 2. The van der Waals surface area contributed by atoms with Crippen molar-refractivity contribution in [1.82, 2.24) is 0 Å². The minimum Gasteiger partial charge on any atom is -0.465 e. The van der Waals surface area contributed by atoms with Gasteiger partial charge in [0.05, 0.1) is 13.2 Å². The first kappa shape index (κ1) is 19.9. The topological polar surface area (TPSA) is 52.6 Å². The second-order valence-electron chi connectivity index (χ2n) is 7.35. The molecule has 0 N–H and O–H groups in total. The molecule has 0 atom stereocenters. The number of rotatable bonds is 10. The van der Waals surface area contributed by atoms with Crippen LogP contribution in [0.1, 0.15) is 67.2 Å². The third kappa shape index (κ3) is 12.4. The minimum absolute atomic E-state index is 0.178. The fourth-order valence-corrected chi connectivity index (χ4v) is 1.55. The highest BCUT2D eigenvalue weighted by molar-refractivity contribution is 5.69. The lowest BCUT2D eigenvalue weighted by Gasteiger charge is -2.23. The average Bonchev–Trinajstić information content (AvgIpc) is 2.38. The van der Waals surface area contributed by atoms with Crippen LogP contribution in [-0.2, 0) is 19.1 Å². The van der Waals surface area contributed by atoms with E-state index in [1.807, 2.05) is 13.8 Å². The molecule has 124 valence electrons. The summed E-state index contributed by atoms with van der Waals surface area (Å²) in [5, 5.41) is 0. The summed E-state index contributed by atoms with van der Waals surface area (Å²) in [6, 6.07) is 0. The third-order valence-corrected chi connectivity index (χ3v) is 3.10. The van der Waals surface area contributed by atoms with Crippen molar-refractivity contribution < 1.29 is 19.1 Å². The summed E-state index contributed by atoms with van der Waals surface area (Å²) >= 11 is 0. The molecule has 0 aromatic heterocycles. The molecule has 4 heteroatoms. The Labute approximate surface area is 129 Å². The Morgan fingerprint density at radius 2 is 1.14 bits per heavy atom. The fourth-order valence-electron chi connectivity index (χ4n) is 1.55. The first-order chi connectivity index (χ1) is 9.62. The van der Waals surface area contributed by atoms with Crippen LogP contribution < -0.4 is 0 Å². The molecule has 0 saturated carbocycles. The van der Waals surface area contributed by atoms with Gasteiger partial charge in [-0.15, -0.1) is 0 Å². The van der Waals surface area contributed by atoms with Crippen LogP contribution in [0.15, 0.2) is 0 Å². The molecule has 0 aliphatic carbocycles. The maximum Gasteiger partial charge on any atom is 0.305 e. The molecule has 0 heterocycles. The predicted molar refractivity (Wildman–Crippen MR) is 83.8 cm³/mol. The van der Waals surface area contributed by atoms with E-state index in [0.29, 0.717) is 24.7 Å². The smallest absolute Gasteiger partial charge is 0.305 e. The fraction of sp³-hybridized carbons (Fsp3) is 0.882. The number of hydrogen-bond acceptors (Lipinski definition) is 4. The van der Waals surface area contributed by atoms with Crippen molar-refractivity contribution >= 4 is 11.9 Å². The summed E-state index contributed by atoms with van der Waals surface area (Å²) in [5.41, 5.74) is -0.346. The Morgan fingerprint density at radius 1 is 0.810 bits per heavy atom. The summed E-state index contributed by atoms with van der Waals surface area (Å²) < 4.78 is 10.5. The van der Waals surface area contributed by atoms with Gasteiger partial charge in [0.15, 0.2) is 0 Å². The van der Waals surface area contributed by atoms with Crippen molar-refractivity contribution in [2.45, 2.75) is 67.2 Å². The van der Waals surface area contributed by atoms with Crippen LogP contribution in [-0.4, -0.2) is 25.2 Å². The number of ether oxygens (including phenoxy) is 2. The Bertz CT molecular complexity index is 289. The molecule has 0 bridgehead atoms. The Morgan fingerprint density at radius 3 is 1.43 bits per heavy atom. The molecule has 0 unspecified atom stereocenters. The van der Waals surface area contributed by atoms with Crippen molar-refractivity contribution in [3.05, 3.63) is 0 Å². The SMILES string of the molecule is CC(C)CCC(=O)OCC(C)(C)COC(=O)CCC(C)C. The van der Waals surface area contributed by atoms with Gasteiger partial charge in [-0.2, -0.15) is 0 Å². The van der Waals surface area contributed by atoms with E-state index in [2.05, 4.69) is 27.7 Å². The third-order valence-electron chi connectivity index (χ3n) is 3.10. The van der Waals surface area contributed by atoms with Crippen molar-refractivity contribution in [2.24, 2.45) is 17.3 Å². The molecule has 0 rings (SSSR count). The van der Waals surface area contributed by atoms with E-state index in [1.54, 1.807) is 0 Å². The minimum atomic E-state index is -0.346. The molecular weight excluding hydrogens is 268 g/mol. The highest BCUT2D eigenvalue weighted by atomic mass is 16.5. The van der Waals surface area contributed by atoms with Crippen LogP contribution in [0, 0.1) is 17.3 Å². The number of hydrogen-bond donors (Lipinski definition) is 0. The van der Waals surface area contributed by atoms with E-state index >= 15 is 0 Å². The van der Waals surface area contributed by atoms with E-state index in [-0.39, 0.29) is 30.6 Å². The van der Waals surface area contributed by atoms with Crippen LogP contribution in [0.4, 0.5) is 0 Å². The molecule has 0 aromatic carbocycles. The molecule has 0 aliphatic heterocycles. The average molecular weight is 300 g/mol. The van der Waals surface area contributed by atoms with Crippen molar-refractivity contribution in [3.63, 3.8) is 0 Å². The van der Waals surface area contributed by atoms with Gasteiger partial charge in [0.1, 0.15) is 0 Å². The van der Waals surface area contributed by atoms with Crippen LogP contribution in [0.25, 0.3) is 0 Å². The van der Waals surface area contributed by atoms with Crippen LogP contribution >= 0.6 is 0 Å². The molecule has 21 heavy (non-hydrogen) atoms. The highest BCUT2D eigenvalue weighted by Gasteiger charge is 2.23. The van der Waals surface area contributed by atoms with Crippen LogP contribution in [0.2, 0.25) is 0 Å². The van der Waals surface area contributed by atoms with Gasteiger partial charge >= 0.3 is 11.9 Å². The first-order valence-corrected chi connectivity index (χ1v) is 7.93. The van der Waals surface area contributed by atoms with Crippen LogP contribution in [0.3, 0.4) is 0 Å². The zero-order valence-corrected chi connectivity index (χ0v) is 14.5. The highest BCUT2D eigenvalue weighted by Crippen LogP contribution is 2.18. The number of carbonyl (C=O) groups excluding carboxylic acids is 2. The lowest BCUT2D eigenvalue weighted by Crippen LogP contribution is -2.28. The van der Waals surface area contributed by atoms with Gasteiger partial charge in [-0.25, -0.2) is 0 Å².